The molecule has 0 aliphatic carbocycles. The molecule has 262 valence electrons. The molecule has 0 aromatic rings. The van der Waals surface area contributed by atoms with E-state index in [4.69, 9.17) is 14.2 Å². The first-order valence-electron chi connectivity index (χ1n) is 18.8. The van der Waals surface area contributed by atoms with Gasteiger partial charge in [0.1, 0.15) is 11.9 Å². The lowest BCUT2D eigenvalue weighted by Crippen LogP contribution is -2.33. The first-order chi connectivity index (χ1) is 21.8. The summed E-state index contributed by atoms with van der Waals surface area (Å²) in [5.41, 5.74) is 0. The number of hydrogen-bond acceptors (Lipinski definition) is 8. The Bertz CT molecular complexity index is 820. The predicted molar refractivity (Wildman–Crippen MR) is 176 cm³/mol. The van der Waals surface area contributed by atoms with Crippen LogP contribution in [0.15, 0.2) is 0 Å². The number of rotatable bonds is 25. The third kappa shape index (κ3) is 14.7. The van der Waals surface area contributed by atoms with Crippen LogP contribution in [0, 0.1) is 5.92 Å². The Balaban J connectivity index is 1.16. The molecule has 9 atom stereocenters. The molecule has 0 radical (unpaired) electrons. The maximum Gasteiger partial charge on any atom is 0.309 e. The minimum Gasteiger partial charge on any atom is -0.462 e. The number of aliphatic hydroxyl groups is 3. The molecule has 3 heterocycles. The number of Topliss-reactive ketones (excluding diaryl/α,β-unsaturated/α-hetero) is 1. The Morgan fingerprint density at radius 1 is 0.711 bits per heavy atom. The quantitative estimate of drug-likeness (QED) is 0.0714. The smallest absolute Gasteiger partial charge is 0.309 e. The lowest BCUT2D eigenvalue weighted by atomic mass is 9.96. The Morgan fingerprint density at radius 2 is 1.24 bits per heavy atom. The fraction of sp³-hybridized carbons (Fsp3) is 0.946. The second-order valence-corrected chi connectivity index (χ2v) is 14.5. The van der Waals surface area contributed by atoms with Crippen molar-refractivity contribution in [1.82, 2.24) is 0 Å². The number of hydrogen-bond donors (Lipinski definition) is 3. The van der Waals surface area contributed by atoms with Crippen molar-refractivity contribution in [3.63, 3.8) is 0 Å². The van der Waals surface area contributed by atoms with Crippen LogP contribution in [0.25, 0.3) is 0 Å². The summed E-state index contributed by atoms with van der Waals surface area (Å²) < 4.78 is 17.9. The van der Waals surface area contributed by atoms with Crippen LogP contribution in [0.5, 0.6) is 0 Å². The van der Waals surface area contributed by atoms with Crippen LogP contribution < -0.4 is 0 Å². The van der Waals surface area contributed by atoms with Crippen molar-refractivity contribution in [2.24, 2.45) is 5.92 Å². The number of carbonyl (C=O) groups excluding carboxylic acids is 2. The molecule has 3 fully saturated rings. The normalized spacial score (nSPS) is 28.8. The van der Waals surface area contributed by atoms with E-state index >= 15 is 0 Å². The maximum absolute atomic E-state index is 11.9. The molecule has 0 spiro atoms. The molecule has 3 N–H and O–H groups in total. The second kappa shape index (κ2) is 21.7. The van der Waals surface area contributed by atoms with Crippen molar-refractivity contribution in [2.45, 2.75) is 217 Å². The van der Waals surface area contributed by atoms with Gasteiger partial charge < -0.3 is 34.3 Å². The van der Waals surface area contributed by atoms with Gasteiger partial charge in [-0.15, -0.1) is 0 Å². The van der Waals surface area contributed by atoms with Gasteiger partial charge in [-0.1, -0.05) is 84.0 Å². The molecule has 45 heavy (non-hydrogen) atoms. The average Bonchev–Trinajstić information content (AvgIpc) is 3.77. The SMILES string of the molecule is CCCCCCCCCC[C@H](O)[C@@H]1CC[C@@H]([C@@H]2CC[C@@H]([C@H](O)CCC(O)CCCCCCC[C@H]3CC(CC(C)=O)C(=O)O3)O2)O1. The summed E-state index contributed by atoms with van der Waals surface area (Å²) >= 11 is 0. The zero-order valence-corrected chi connectivity index (χ0v) is 28.5. The van der Waals surface area contributed by atoms with E-state index in [0.717, 1.165) is 83.5 Å². The lowest BCUT2D eigenvalue weighted by Gasteiger charge is -2.24. The van der Waals surface area contributed by atoms with E-state index in [1.54, 1.807) is 0 Å². The van der Waals surface area contributed by atoms with Crippen LogP contribution in [-0.4, -0.2) is 75.9 Å². The number of carbonyl (C=O) groups is 2. The first-order valence-corrected chi connectivity index (χ1v) is 18.8. The first kappa shape index (κ1) is 38.4. The van der Waals surface area contributed by atoms with Crippen molar-refractivity contribution in [3.8, 4) is 0 Å². The van der Waals surface area contributed by atoms with E-state index in [-0.39, 0.29) is 48.2 Å². The Hall–Kier alpha value is -1.06. The minimum absolute atomic E-state index is 0.00262. The highest BCUT2D eigenvalue weighted by atomic mass is 16.6. The van der Waals surface area contributed by atoms with Gasteiger partial charge in [0, 0.05) is 6.42 Å². The number of unbranched alkanes of at least 4 members (excludes halogenated alkanes) is 11. The van der Waals surface area contributed by atoms with Gasteiger partial charge in [0.25, 0.3) is 0 Å². The topological polar surface area (TPSA) is 123 Å². The second-order valence-electron chi connectivity index (χ2n) is 14.5. The highest BCUT2D eigenvalue weighted by Crippen LogP contribution is 2.35. The Morgan fingerprint density at radius 3 is 1.84 bits per heavy atom. The Kier molecular flexibility index (Phi) is 18.5. The molecule has 8 heteroatoms. The predicted octanol–water partition coefficient (Wildman–Crippen LogP) is 7.12. The summed E-state index contributed by atoms with van der Waals surface area (Å²) in [6.07, 6.45) is 21.5. The average molecular weight is 639 g/mol. The van der Waals surface area contributed by atoms with Gasteiger partial charge in [-0.05, 0) is 77.6 Å². The third-order valence-corrected chi connectivity index (χ3v) is 10.4. The molecule has 0 aromatic heterocycles. The van der Waals surface area contributed by atoms with Gasteiger partial charge in [0.15, 0.2) is 0 Å². The van der Waals surface area contributed by atoms with Crippen LogP contribution >= 0.6 is 0 Å². The van der Waals surface area contributed by atoms with E-state index in [0.29, 0.717) is 25.7 Å². The molecule has 0 bridgehead atoms. The monoisotopic (exact) mass is 638 g/mol. The number of cyclic esters (lactones) is 1. The summed E-state index contributed by atoms with van der Waals surface area (Å²) in [6.45, 7) is 3.77. The zero-order chi connectivity index (χ0) is 32.4. The highest BCUT2D eigenvalue weighted by molar-refractivity contribution is 5.83. The summed E-state index contributed by atoms with van der Waals surface area (Å²) in [4.78, 5) is 23.1. The summed E-state index contributed by atoms with van der Waals surface area (Å²) in [5.74, 6) is -0.429. The number of aliphatic hydroxyl groups excluding tert-OH is 3. The van der Waals surface area contributed by atoms with Crippen molar-refractivity contribution >= 4 is 11.8 Å². The molecule has 3 aliphatic heterocycles. The van der Waals surface area contributed by atoms with Crippen LogP contribution in [0.2, 0.25) is 0 Å². The molecule has 0 aromatic carbocycles. The standard InChI is InChI=1S/C37H66O8/c1-3-4-5-6-7-8-12-15-18-31(40)33-21-23-35(44-33)36-24-22-34(45-36)32(41)20-19-29(39)16-13-10-9-11-14-17-30-26-28(25-27(2)38)37(42)43-30/h28-36,39-41H,3-26H2,1-2H3/t28?,29?,30-,31-,32+,33-,34-,35-,36-/m0/s1. The van der Waals surface area contributed by atoms with Gasteiger partial charge in [-0.25, -0.2) is 0 Å². The van der Waals surface area contributed by atoms with Crippen molar-refractivity contribution in [3.05, 3.63) is 0 Å². The van der Waals surface area contributed by atoms with Crippen molar-refractivity contribution < 1.29 is 39.1 Å². The molecular weight excluding hydrogens is 572 g/mol. The van der Waals surface area contributed by atoms with E-state index < -0.39 is 18.3 Å². The summed E-state index contributed by atoms with van der Waals surface area (Å²) in [7, 11) is 0. The molecule has 3 aliphatic rings. The maximum atomic E-state index is 11.9. The molecule has 2 unspecified atom stereocenters. The highest BCUT2D eigenvalue weighted by Gasteiger charge is 2.41. The van der Waals surface area contributed by atoms with Crippen molar-refractivity contribution in [2.75, 3.05) is 0 Å². The van der Waals surface area contributed by atoms with Gasteiger partial charge in [0.2, 0.25) is 0 Å². The van der Waals surface area contributed by atoms with Crippen LogP contribution in [0.1, 0.15) is 168 Å². The lowest BCUT2D eigenvalue weighted by molar-refractivity contribution is -0.145. The number of ketones is 1. The Labute approximate surface area is 273 Å². The molecule has 0 amide bonds. The molecular formula is C37H66O8. The molecule has 3 rings (SSSR count). The van der Waals surface area contributed by atoms with Crippen LogP contribution in [0.4, 0.5) is 0 Å². The largest absolute Gasteiger partial charge is 0.462 e. The van der Waals surface area contributed by atoms with E-state index in [1.165, 1.54) is 51.9 Å². The van der Waals surface area contributed by atoms with Gasteiger partial charge >= 0.3 is 5.97 Å². The summed E-state index contributed by atoms with van der Waals surface area (Å²) in [5, 5.41) is 31.9. The minimum atomic E-state index is -0.575. The fourth-order valence-corrected chi connectivity index (χ4v) is 7.55. The molecule has 8 nitrogen and oxygen atoms in total. The van der Waals surface area contributed by atoms with Gasteiger partial charge in [-0.2, -0.15) is 0 Å². The van der Waals surface area contributed by atoms with Crippen molar-refractivity contribution in [1.29, 1.82) is 0 Å². The fourth-order valence-electron chi connectivity index (χ4n) is 7.55. The number of esters is 1. The van der Waals surface area contributed by atoms with Crippen LogP contribution in [0.3, 0.4) is 0 Å². The zero-order valence-electron chi connectivity index (χ0n) is 28.5. The van der Waals surface area contributed by atoms with Crippen LogP contribution in [-0.2, 0) is 23.8 Å². The molecule has 3 saturated heterocycles. The van der Waals surface area contributed by atoms with E-state index in [2.05, 4.69) is 6.92 Å². The third-order valence-electron chi connectivity index (χ3n) is 10.4. The number of ether oxygens (including phenoxy) is 3. The summed E-state index contributed by atoms with van der Waals surface area (Å²) in [6, 6.07) is 0. The van der Waals surface area contributed by atoms with Gasteiger partial charge in [0.05, 0.1) is 48.6 Å². The van der Waals surface area contributed by atoms with E-state index in [1.807, 2.05) is 0 Å². The van der Waals surface area contributed by atoms with E-state index in [9.17, 15) is 24.9 Å². The van der Waals surface area contributed by atoms with Gasteiger partial charge in [-0.3, -0.25) is 4.79 Å². The molecule has 0 saturated carbocycles.